The molecule has 4 nitrogen and oxygen atoms in total. The first-order chi connectivity index (χ1) is 7.20. The largest absolute Gasteiger partial charge is 0.418 e. The first kappa shape index (κ1) is 10.1. The molecule has 0 fully saturated rings. The van der Waals surface area contributed by atoms with Crippen molar-refractivity contribution in [1.29, 1.82) is 0 Å². The van der Waals surface area contributed by atoms with Crippen molar-refractivity contribution in [3.63, 3.8) is 0 Å². The summed E-state index contributed by atoms with van der Waals surface area (Å²) in [7, 11) is 0. The van der Waals surface area contributed by atoms with Gasteiger partial charge in [0, 0.05) is 10.6 Å². The van der Waals surface area contributed by atoms with Gasteiger partial charge in [0.15, 0.2) is 0 Å². The Morgan fingerprint density at radius 3 is 2.80 bits per heavy atom. The molecule has 2 rings (SSSR count). The minimum absolute atomic E-state index is 0.196. The number of rotatable bonds is 2. The van der Waals surface area contributed by atoms with E-state index in [9.17, 15) is 0 Å². The van der Waals surface area contributed by atoms with Gasteiger partial charge in [-0.05, 0) is 24.6 Å². The summed E-state index contributed by atoms with van der Waals surface area (Å²) in [4.78, 5) is 0. The third kappa shape index (κ3) is 2.00. The molecule has 0 aliphatic carbocycles. The van der Waals surface area contributed by atoms with Gasteiger partial charge in [0.25, 0.3) is 0 Å². The summed E-state index contributed by atoms with van der Waals surface area (Å²) in [5.74, 6) is 0.558. The van der Waals surface area contributed by atoms with Gasteiger partial charge in [-0.3, -0.25) is 0 Å². The molecule has 1 aromatic heterocycles. The van der Waals surface area contributed by atoms with Crippen LogP contribution in [0.1, 0.15) is 11.5 Å². The molecule has 0 aliphatic rings. The van der Waals surface area contributed by atoms with Crippen LogP contribution in [-0.4, -0.2) is 15.3 Å². The van der Waals surface area contributed by atoms with Crippen LogP contribution in [0.5, 0.6) is 0 Å². The van der Waals surface area contributed by atoms with Crippen LogP contribution in [0.3, 0.4) is 0 Å². The average molecular weight is 225 g/mol. The molecule has 0 spiro atoms. The molecule has 0 atom stereocenters. The minimum atomic E-state index is -0.257. The fraction of sp³-hybridized carbons (Fsp3) is 0.200. The number of halogens is 1. The van der Waals surface area contributed by atoms with Crippen molar-refractivity contribution in [2.24, 2.45) is 0 Å². The lowest BCUT2D eigenvalue weighted by Gasteiger charge is -1.98. The molecule has 0 amide bonds. The van der Waals surface area contributed by atoms with Gasteiger partial charge >= 0.3 is 0 Å². The molecule has 0 radical (unpaired) electrons. The van der Waals surface area contributed by atoms with E-state index in [0.717, 1.165) is 11.1 Å². The second-order valence-corrected chi connectivity index (χ2v) is 3.53. The Bertz CT molecular complexity index is 482. The highest BCUT2D eigenvalue weighted by Gasteiger charge is 2.08. The lowest BCUT2D eigenvalue weighted by Crippen LogP contribution is -1.80. The van der Waals surface area contributed by atoms with Crippen molar-refractivity contribution in [2.45, 2.75) is 13.5 Å². The Morgan fingerprint density at radius 2 is 2.20 bits per heavy atom. The van der Waals surface area contributed by atoms with E-state index < -0.39 is 0 Å². The first-order valence-corrected chi connectivity index (χ1v) is 4.78. The highest BCUT2D eigenvalue weighted by molar-refractivity contribution is 6.31. The summed E-state index contributed by atoms with van der Waals surface area (Å²) in [5.41, 5.74) is 1.74. The van der Waals surface area contributed by atoms with Gasteiger partial charge in [0.1, 0.15) is 6.61 Å². The lowest BCUT2D eigenvalue weighted by molar-refractivity contribution is 0.241. The van der Waals surface area contributed by atoms with Crippen LogP contribution in [0.2, 0.25) is 5.02 Å². The Labute approximate surface area is 91.5 Å². The number of aryl methyl sites for hydroxylation is 1. The standard InChI is InChI=1S/C10H9ClN2O2/c1-6-2-3-7(4-8(6)11)10-13-12-9(5-14)15-10/h2-4,14H,5H2,1H3. The molecule has 78 valence electrons. The first-order valence-electron chi connectivity index (χ1n) is 4.40. The average Bonchev–Trinajstić information content (AvgIpc) is 2.70. The fourth-order valence-electron chi connectivity index (χ4n) is 1.16. The topological polar surface area (TPSA) is 59.2 Å². The lowest BCUT2D eigenvalue weighted by atomic mass is 10.1. The molecule has 1 aromatic carbocycles. The summed E-state index contributed by atoms with van der Waals surface area (Å²) in [6.07, 6.45) is 0. The number of aromatic nitrogens is 2. The smallest absolute Gasteiger partial charge is 0.247 e. The quantitative estimate of drug-likeness (QED) is 0.850. The Balaban J connectivity index is 2.40. The van der Waals surface area contributed by atoms with E-state index in [4.69, 9.17) is 21.1 Å². The predicted molar refractivity (Wildman–Crippen MR) is 55.4 cm³/mol. The summed E-state index contributed by atoms with van der Waals surface area (Å²) in [6, 6.07) is 5.47. The van der Waals surface area contributed by atoms with Crippen molar-refractivity contribution in [1.82, 2.24) is 10.2 Å². The second kappa shape index (κ2) is 4.00. The molecule has 1 N–H and O–H groups in total. The molecule has 0 bridgehead atoms. The molecular formula is C10H9ClN2O2. The van der Waals surface area contributed by atoms with Crippen molar-refractivity contribution >= 4 is 11.6 Å². The molecular weight excluding hydrogens is 216 g/mol. The third-order valence-corrected chi connectivity index (χ3v) is 2.43. The van der Waals surface area contributed by atoms with Crippen molar-refractivity contribution in [3.05, 3.63) is 34.7 Å². The van der Waals surface area contributed by atoms with Gasteiger partial charge < -0.3 is 9.52 Å². The van der Waals surface area contributed by atoms with E-state index in [1.54, 1.807) is 6.07 Å². The molecule has 5 heteroatoms. The maximum atomic E-state index is 8.77. The molecule has 15 heavy (non-hydrogen) atoms. The van der Waals surface area contributed by atoms with Crippen LogP contribution in [0, 0.1) is 6.92 Å². The number of hydrogen-bond donors (Lipinski definition) is 1. The minimum Gasteiger partial charge on any atom is -0.418 e. The van der Waals surface area contributed by atoms with Gasteiger partial charge in [-0.15, -0.1) is 10.2 Å². The predicted octanol–water partition coefficient (Wildman–Crippen LogP) is 2.19. The summed E-state index contributed by atoms with van der Waals surface area (Å²) in [5, 5.41) is 16.9. The van der Waals surface area contributed by atoms with Gasteiger partial charge in [-0.25, -0.2) is 0 Å². The van der Waals surface area contributed by atoms with Crippen molar-refractivity contribution in [3.8, 4) is 11.5 Å². The van der Waals surface area contributed by atoms with E-state index in [0.29, 0.717) is 10.9 Å². The maximum absolute atomic E-state index is 8.77. The normalized spacial score (nSPS) is 10.6. The van der Waals surface area contributed by atoms with Crippen LogP contribution in [0.4, 0.5) is 0 Å². The summed E-state index contributed by atoms with van der Waals surface area (Å²) >= 11 is 5.97. The number of aliphatic hydroxyl groups is 1. The van der Waals surface area contributed by atoms with E-state index in [1.165, 1.54) is 0 Å². The SMILES string of the molecule is Cc1ccc(-c2nnc(CO)o2)cc1Cl. The van der Waals surface area contributed by atoms with E-state index in [2.05, 4.69) is 10.2 Å². The van der Waals surface area contributed by atoms with Gasteiger partial charge in [-0.2, -0.15) is 0 Å². The second-order valence-electron chi connectivity index (χ2n) is 3.12. The zero-order valence-corrected chi connectivity index (χ0v) is 8.82. The Hall–Kier alpha value is -1.39. The number of nitrogens with zero attached hydrogens (tertiary/aromatic N) is 2. The van der Waals surface area contributed by atoms with E-state index in [1.807, 2.05) is 19.1 Å². The molecule has 0 unspecified atom stereocenters. The van der Waals surface area contributed by atoms with Gasteiger partial charge in [-0.1, -0.05) is 17.7 Å². The number of aliphatic hydroxyl groups excluding tert-OH is 1. The zero-order valence-electron chi connectivity index (χ0n) is 8.07. The third-order valence-electron chi connectivity index (χ3n) is 2.02. The molecule has 0 saturated carbocycles. The fourth-order valence-corrected chi connectivity index (χ4v) is 1.34. The van der Waals surface area contributed by atoms with Crippen LogP contribution < -0.4 is 0 Å². The van der Waals surface area contributed by atoms with Gasteiger partial charge in [0.2, 0.25) is 11.8 Å². The van der Waals surface area contributed by atoms with Crippen LogP contribution in [0.25, 0.3) is 11.5 Å². The highest BCUT2D eigenvalue weighted by atomic mass is 35.5. The monoisotopic (exact) mass is 224 g/mol. The van der Waals surface area contributed by atoms with Crippen LogP contribution in [0.15, 0.2) is 22.6 Å². The number of benzene rings is 1. The Kier molecular flexibility index (Phi) is 2.70. The van der Waals surface area contributed by atoms with E-state index in [-0.39, 0.29) is 12.5 Å². The van der Waals surface area contributed by atoms with Crippen molar-refractivity contribution < 1.29 is 9.52 Å². The maximum Gasteiger partial charge on any atom is 0.247 e. The van der Waals surface area contributed by atoms with Gasteiger partial charge in [0.05, 0.1) is 0 Å². The zero-order chi connectivity index (χ0) is 10.8. The summed E-state index contributed by atoms with van der Waals surface area (Å²) in [6.45, 7) is 1.66. The van der Waals surface area contributed by atoms with Crippen LogP contribution in [-0.2, 0) is 6.61 Å². The van der Waals surface area contributed by atoms with Crippen LogP contribution >= 0.6 is 11.6 Å². The molecule has 0 aliphatic heterocycles. The number of hydrogen-bond acceptors (Lipinski definition) is 4. The van der Waals surface area contributed by atoms with E-state index >= 15 is 0 Å². The van der Waals surface area contributed by atoms with Crippen molar-refractivity contribution in [2.75, 3.05) is 0 Å². The molecule has 0 saturated heterocycles. The Morgan fingerprint density at radius 1 is 1.40 bits per heavy atom. The summed E-state index contributed by atoms with van der Waals surface area (Å²) < 4.78 is 5.18. The molecule has 2 aromatic rings. The highest BCUT2D eigenvalue weighted by Crippen LogP contribution is 2.24. The molecule has 1 heterocycles.